The number of sulfonamides is 1. The fourth-order valence-electron chi connectivity index (χ4n) is 3.95. The maximum absolute atomic E-state index is 13.4. The first-order valence-corrected chi connectivity index (χ1v) is 13.9. The molecule has 1 N–H and O–H groups in total. The van der Waals surface area contributed by atoms with Gasteiger partial charge in [0.1, 0.15) is 4.90 Å². The molecule has 0 aliphatic carbocycles. The molecule has 37 heavy (non-hydrogen) atoms. The number of anilines is 2. The lowest BCUT2D eigenvalue weighted by Crippen LogP contribution is -2.29. The van der Waals surface area contributed by atoms with Gasteiger partial charge in [-0.05, 0) is 36.2 Å². The third-order valence-corrected chi connectivity index (χ3v) is 8.79. The summed E-state index contributed by atoms with van der Waals surface area (Å²) in [6, 6.07) is 20.6. The van der Waals surface area contributed by atoms with Crippen LogP contribution in [0.1, 0.15) is 15.9 Å². The number of amides is 1. The molecule has 1 amide bonds. The SMILES string of the molecule is O=C(COC(=O)c1ccc(Cl)c(S(=O)(=O)N2CCc3ccccc32)c1)Nc1nc(-c2ccccc2)cs1. The number of ether oxygens (including phenoxy) is 1. The van der Waals surface area contributed by atoms with Gasteiger partial charge in [-0.25, -0.2) is 18.2 Å². The molecule has 2 heterocycles. The molecule has 0 atom stereocenters. The Kier molecular flexibility index (Phi) is 6.96. The molecule has 5 rings (SSSR count). The first-order chi connectivity index (χ1) is 17.8. The van der Waals surface area contributed by atoms with Crippen molar-refractivity contribution in [2.45, 2.75) is 11.3 Å². The number of carbonyl (C=O) groups excluding carboxylic acids is 2. The van der Waals surface area contributed by atoms with E-state index in [0.29, 0.717) is 22.9 Å². The van der Waals surface area contributed by atoms with Crippen LogP contribution in [0.4, 0.5) is 10.8 Å². The smallest absolute Gasteiger partial charge is 0.338 e. The van der Waals surface area contributed by atoms with Gasteiger partial charge in [-0.2, -0.15) is 0 Å². The highest BCUT2D eigenvalue weighted by molar-refractivity contribution is 7.93. The number of nitrogens with one attached hydrogen (secondary N) is 1. The van der Waals surface area contributed by atoms with Crippen molar-refractivity contribution in [3.05, 3.63) is 94.3 Å². The summed E-state index contributed by atoms with van der Waals surface area (Å²) in [5.41, 5.74) is 3.09. The Morgan fingerprint density at radius 3 is 2.62 bits per heavy atom. The Morgan fingerprint density at radius 1 is 1.05 bits per heavy atom. The average molecular weight is 554 g/mol. The summed E-state index contributed by atoms with van der Waals surface area (Å²) in [6.07, 6.45) is 0.579. The van der Waals surface area contributed by atoms with E-state index >= 15 is 0 Å². The summed E-state index contributed by atoms with van der Waals surface area (Å²) in [6.45, 7) is -0.293. The zero-order chi connectivity index (χ0) is 26.0. The van der Waals surface area contributed by atoms with E-state index in [2.05, 4.69) is 10.3 Å². The van der Waals surface area contributed by atoms with Crippen molar-refractivity contribution in [1.29, 1.82) is 0 Å². The van der Waals surface area contributed by atoms with Crippen molar-refractivity contribution in [3.8, 4) is 11.3 Å². The van der Waals surface area contributed by atoms with Crippen LogP contribution >= 0.6 is 22.9 Å². The zero-order valence-corrected chi connectivity index (χ0v) is 21.6. The number of thiazole rings is 1. The second-order valence-electron chi connectivity index (χ2n) is 8.13. The molecule has 0 saturated carbocycles. The van der Waals surface area contributed by atoms with Crippen molar-refractivity contribution in [3.63, 3.8) is 0 Å². The molecule has 0 fully saturated rings. The van der Waals surface area contributed by atoms with E-state index in [1.165, 1.54) is 33.8 Å². The van der Waals surface area contributed by atoms with Gasteiger partial charge < -0.3 is 4.74 Å². The van der Waals surface area contributed by atoms with Gasteiger partial charge in [0.15, 0.2) is 11.7 Å². The number of esters is 1. The van der Waals surface area contributed by atoms with E-state index < -0.39 is 28.5 Å². The van der Waals surface area contributed by atoms with Gasteiger partial charge in [-0.1, -0.05) is 60.1 Å². The zero-order valence-electron chi connectivity index (χ0n) is 19.3. The molecule has 0 saturated heterocycles. The molecule has 1 aromatic heterocycles. The Balaban J connectivity index is 1.25. The van der Waals surface area contributed by atoms with Crippen molar-refractivity contribution in [1.82, 2.24) is 4.98 Å². The lowest BCUT2D eigenvalue weighted by atomic mass is 10.2. The topological polar surface area (TPSA) is 106 Å². The van der Waals surface area contributed by atoms with Crippen LogP contribution in [0, 0.1) is 0 Å². The predicted molar refractivity (Wildman–Crippen MR) is 143 cm³/mol. The molecular weight excluding hydrogens is 534 g/mol. The van der Waals surface area contributed by atoms with Crippen LogP contribution in [-0.4, -0.2) is 38.4 Å². The first kappa shape index (κ1) is 24.9. The number of fused-ring (bicyclic) bond motifs is 1. The molecule has 0 radical (unpaired) electrons. The average Bonchev–Trinajstić information content (AvgIpc) is 3.55. The van der Waals surface area contributed by atoms with Gasteiger partial charge in [0.2, 0.25) is 0 Å². The maximum atomic E-state index is 13.4. The Morgan fingerprint density at radius 2 is 1.81 bits per heavy atom. The number of hydrogen-bond acceptors (Lipinski definition) is 7. The summed E-state index contributed by atoms with van der Waals surface area (Å²) in [4.78, 5) is 29.1. The standard InChI is InChI=1S/C26H20ClN3O5S2/c27-20-11-10-19(14-23(20)37(33,34)30-13-12-18-8-4-5-9-22(18)30)25(32)35-15-24(31)29-26-28-21(16-36-26)17-6-2-1-3-7-17/h1-11,14,16H,12-13,15H2,(H,28,29,31). The molecule has 0 unspecified atom stereocenters. The van der Waals surface area contributed by atoms with E-state index in [-0.39, 0.29) is 22.0 Å². The number of nitrogens with zero attached hydrogens (tertiary/aromatic N) is 2. The Bertz CT molecular complexity index is 1590. The summed E-state index contributed by atoms with van der Waals surface area (Å²) in [7, 11) is -4.02. The van der Waals surface area contributed by atoms with Crippen LogP contribution in [0.25, 0.3) is 11.3 Å². The number of halogens is 1. The fraction of sp³-hybridized carbons (Fsp3) is 0.115. The number of benzene rings is 3. The van der Waals surface area contributed by atoms with Crippen LogP contribution in [0.5, 0.6) is 0 Å². The van der Waals surface area contributed by atoms with Gasteiger partial charge in [-0.15, -0.1) is 11.3 Å². The van der Waals surface area contributed by atoms with E-state index in [0.717, 1.165) is 11.1 Å². The maximum Gasteiger partial charge on any atom is 0.338 e. The minimum atomic E-state index is -4.02. The molecule has 4 aromatic rings. The van der Waals surface area contributed by atoms with Gasteiger partial charge in [0.05, 0.1) is 22.0 Å². The van der Waals surface area contributed by atoms with Crippen molar-refractivity contribution in [2.75, 3.05) is 22.8 Å². The van der Waals surface area contributed by atoms with E-state index in [1.54, 1.807) is 12.1 Å². The molecule has 8 nitrogen and oxygen atoms in total. The minimum absolute atomic E-state index is 0.0170. The number of rotatable bonds is 7. The molecule has 3 aromatic carbocycles. The Hall–Kier alpha value is -3.73. The highest BCUT2D eigenvalue weighted by Gasteiger charge is 2.32. The largest absolute Gasteiger partial charge is 0.452 e. The summed E-state index contributed by atoms with van der Waals surface area (Å²) in [5.74, 6) is -1.42. The molecule has 188 valence electrons. The lowest BCUT2D eigenvalue weighted by molar-refractivity contribution is -0.119. The van der Waals surface area contributed by atoms with Crippen LogP contribution in [0.3, 0.4) is 0 Å². The number of hydrogen-bond donors (Lipinski definition) is 1. The van der Waals surface area contributed by atoms with E-state index in [9.17, 15) is 18.0 Å². The lowest BCUT2D eigenvalue weighted by Gasteiger charge is -2.20. The number of para-hydroxylation sites is 1. The third kappa shape index (κ3) is 5.22. The number of aromatic nitrogens is 1. The molecule has 1 aliphatic heterocycles. The van der Waals surface area contributed by atoms with Crippen LogP contribution in [0.2, 0.25) is 5.02 Å². The molecule has 0 bridgehead atoms. The van der Waals surface area contributed by atoms with Crippen LogP contribution < -0.4 is 9.62 Å². The third-order valence-electron chi connectivity index (χ3n) is 5.73. The fourth-order valence-corrected chi connectivity index (χ4v) is 6.69. The minimum Gasteiger partial charge on any atom is -0.452 e. The van der Waals surface area contributed by atoms with Gasteiger partial charge in [0, 0.05) is 17.5 Å². The highest BCUT2D eigenvalue weighted by Crippen LogP contribution is 2.35. The normalized spacial score (nSPS) is 12.7. The summed E-state index contributed by atoms with van der Waals surface area (Å²) in [5, 5.41) is 4.76. The van der Waals surface area contributed by atoms with Crippen molar-refractivity contribution in [2.24, 2.45) is 0 Å². The summed E-state index contributed by atoms with van der Waals surface area (Å²) >= 11 is 7.47. The van der Waals surface area contributed by atoms with Crippen LogP contribution in [0.15, 0.2) is 83.1 Å². The molecule has 11 heteroatoms. The second kappa shape index (κ2) is 10.3. The highest BCUT2D eigenvalue weighted by atomic mass is 35.5. The van der Waals surface area contributed by atoms with E-state index in [4.69, 9.17) is 16.3 Å². The second-order valence-corrected chi connectivity index (χ2v) is 11.2. The monoisotopic (exact) mass is 553 g/mol. The molecular formula is C26H20ClN3O5S2. The van der Waals surface area contributed by atoms with Crippen molar-refractivity contribution < 1.29 is 22.7 Å². The van der Waals surface area contributed by atoms with Gasteiger partial charge in [-0.3, -0.25) is 14.4 Å². The van der Waals surface area contributed by atoms with Crippen LogP contribution in [-0.2, 0) is 26.0 Å². The number of carbonyl (C=O) groups is 2. The Labute approximate surface area is 222 Å². The quantitative estimate of drug-likeness (QED) is 0.322. The predicted octanol–water partition coefficient (Wildman–Crippen LogP) is 5.01. The molecule has 1 aliphatic rings. The summed E-state index contributed by atoms with van der Waals surface area (Å²) < 4.78 is 33.2. The molecule has 0 spiro atoms. The van der Waals surface area contributed by atoms with Gasteiger partial charge in [0.25, 0.3) is 15.9 Å². The van der Waals surface area contributed by atoms with E-state index in [1.807, 2.05) is 47.8 Å². The van der Waals surface area contributed by atoms with Crippen molar-refractivity contribution >= 4 is 55.7 Å². The first-order valence-electron chi connectivity index (χ1n) is 11.2. The van der Waals surface area contributed by atoms with Gasteiger partial charge >= 0.3 is 5.97 Å².